The van der Waals surface area contributed by atoms with E-state index in [0.29, 0.717) is 19.6 Å². The first-order chi connectivity index (χ1) is 9.82. The summed E-state index contributed by atoms with van der Waals surface area (Å²) in [6.45, 7) is 4.48. The van der Waals surface area contributed by atoms with Gasteiger partial charge in [0.15, 0.2) is 0 Å². The van der Waals surface area contributed by atoms with Gasteiger partial charge in [-0.1, -0.05) is 30.3 Å². The third-order valence-corrected chi connectivity index (χ3v) is 4.49. The van der Waals surface area contributed by atoms with E-state index in [1.807, 2.05) is 30.3 Å². The quantitative estimate of drug-likeness (QED) is 0.643. The highest BCUT2D eigenvalue weighted by Crippen LogP contribution is 2.30. The Labute approximate surface area is 122 Å². The molecule has 0 amide bonds. The number of benzene rings is 1. The summed E-state index contributed by atoms with van der Waals surface area (Å²) in [7, 11) is 0. The maximum Gasteiger partial charge on any atom is 0.272 e. The number of hydrogen-bond donors (Lipinski definition) is 1. The van der Waals surface area contributed by atoms with Gasteiger partial charge in [0.2, 0.25) is 0 Å². The monoisotopic (exact) mass is 294 g/mol. The van der Waals surface area contributed by atoms with E-state index in [2.05, 4.69) is 0 Å². The molecule has 1 fully saturated rings. The minimum absolute atomic E-state index is 0.319. The van der Waals surface area contributed by atoms with Crippen LogP contribution in [0.2, 0.25) is 0 Å². The maximum absolute atomic E-state index is 11.3. The van der Waals surface area contributed by atoms with Crippen molar-refractivity contribution in [1.29, 1.82) is 0 Å². The van der Waals surface area contributed by atoms with E-state index < -0.39 is 17.5 Å². The van der Waals surface area contributed by atoms with Crippen LogP contribution in [0.25, 0.3) is 0 Å². The predicted octanol–water partition coefficient (Wildman–Crippen LogP) is 0.402. The van der Waals surface area contributed by atoms with Crippen LogP contribution in [0.3, 0.4) is 0 Å². The zero-order valence-electron chi connectivity index (χ0n) is 12.2. The van der Waals surface area contributed by atoms with E-state index in [9.17, 15) is 20.2 Å². The number of rotatable bonds is 4. The van der Waals surface area contributed by atoms with Gasteiger partial charge >= 0.3 is 0 Å². The molecule has 0 spiro atoms. The number of hydrogen-bond acceptors (Lipinski definition) is 4. The number of nitrogens with one attached hydrogen (secondary N) is 1. The predicted molar refractivity (Wildman–Crippen MR) is 76.2 cm³/mol. The summed E-state index contributed by atoms with van der Waals surface area (Å²) in [5.41, 5.74) is 0.101. The SMILES string of the molecule is CC1(C)[C@@H]([N+](=O)[O-])C[NH+](Cc2ccccc2)C[C@H]1[N+](=O)[O-]. The fraction of sp³-hybridized carbons (Fsp3) is 0.571. The fourth-order valence-electron chi connectivity index (χ4n) is 3.10. The molecule has 21 heavy (non-hydrogen) atoms. The van der Waals surface area contributed by atoms with E-state index >= 15 is 0 Å². The van der Waals surface area contributed by atoms with Gasteiger partial charge in [0.1, 0.15) is 25.0 Å². The molecule has 0 radical (unpaired) electrons. The molecule has 1 heterocycles. The van der Waals surface area contributed by atoms with Gasteiger partial charge in [-0.2, -0.15) is 0 Å². The highest BCUT2D eigenvalue weighted by molar-refractivity contribution is 5.13. The molecule has 114 valence electrons. The molecule has 2 rings (SSSR count). The molecule has 1 aliphatic rings. The lowest BCUT2D eigenvalue weighted by atomic mass is 9.74. The average molecular weight is 294 g/mol. The number of piperidine rings is 1. The number of quaternary nitrogens is 1. The molecule has 0 aliphatic carbocycles. The summed E-state index contributed by atoms with van der Waals surface area (Å²) in [6.07, 6.45) is 0. The summed E-state index contributed by atoms with van der Waals surface area (Å²) in [4.78, 5) is 22.8. The molecule has 7 heteroatoms. The van der Waals surface area contributed by atoms with Crippen molar-refractivity contribution in [2.24, 2.45) is 5.41 Å². The van der Waals surface area contributed by atoms with Crippen LogP contribution >= 0.6 is 0 Å². The fourth-order valence-corrected chi connectivity index (χ4v) is 3.10. The van der Waals surface area contributed by atoms with Crippen LogP contribution in [0.5, 0.6) is 0 Å². The van der Waals surface area contributed by atoms with E-state index in [0.717, 1.165) is 10.5 Å². The normalized spacial score (nSPS) is 28.0. The standard InChI is InChI=1S/C14H19N3O4/c1-14(2)12(16(18)19)9-15(10-13(14)17(20)21)8-11-6-4-3-5-7-11/h3-7,12-13H,8-10H2,1-2H3/p+1/t12-,13+. The van der Waals surface area contributed by atoms with Gasteiger partial charge in [0, 0.05) is 15.4 Å². The van der Waals surface area contributed by atoms with Gasteiger partial charge < -0.3 is 4.90 Å². The Balaban J connectivity index is 2.22. The molecule has 1 aromatic rings. The Morgan fingerprint density at radius 1 is 1.10 bits per heavy atom. The second-order valence-corrected chi connectivity index (χ2v) is 6.24. The molecule has 1 saturated heterocycles. The van der Waals surface area contributed by atoms with Gasteiger partial charge in [-0.15, -0.1) is 0 Å². The Morgan fingerprint density at radius 3 is 2.00 bits per heavy atom. The van der Waals surface area contributed by atoms with Crippen molar-refractivity contribution in [3.8, 4) is 0 Å². The minimum Gasteiger partial charge on any atom is -0.320 e. The van der Waals surface area contributed by atoms with E-state index in [1.165, 1.54) is 0 Å². The largest absolute Gasteiger partial charge is 0.320 e. The van der Waals surface area contributed by atoms with Crippen LogP contribution in [0.4, 0.5) is 0 Å². The smallest absolute Gasteiger partial charge is 0.272 e. The number of nitro groups is 2. The maximum atomic E-state index is 11.3. The molecule has 3 atom stereocenters. The van der Waals surface area contributed by atoms with Crippen LogP contribution in [-0.4, -0.2) is 35.0 Å². The van der Waals surface area contributed by atoms with Gasteiger partial charge in [0.25, 0.3) is 12.1 Å². The minimum atomic E-state index is -0.937. The van der Waals surface area contributed by atoms with Gasteiger partial charge in [-0.05, 0) is 13.8 Å². The molecular formula is C14H20N3O4+. The van der Waals surface area contributed by atoms with Crippen LogP contribution in [0.1, 0.15) is 19.4 Å². The van der Waals surface area contributed by atoms with Crippen molar-refractivity contribution >= 4 is 0 Å². The number of nitrogens with zero attached hydrogens (tertiary/aromatic N) is 2. The first-order valence-electron chi connectivity index (χ1n) is 6.97. The summed E-state index contributed by atoms with van der Waals surface area (Å²) in [5, 5.41) is 22.6. The molecule has 1 aromatic carbocycles. The molecule has 0 saturated carbocycles. The van der Waals surface area contributed by atoms with Crippen LogP contribution < -0.4 is 4.90 Å². The molecule has 7 nitrogen and oxygen atoms in total. The number of likely N-dealkylation sites (tertiary alicyclic amines) is 1. The van der Waals surface area contributed by atoms with Gasteiger partial charge in [-0.25, -0.2) is 0 Å². The van der Waals surface area contributed by atoms with Gasteiger partial charge in [0.05, 0.1) is 0 Å². The van der Waals surface area contributed by atoms with Crippen LogP contribution in [0.15, 0.2) is 30.3 Å². The van der Waals surface area contributed by atoms with Crippen molar-refractivity contribution in [3.63, 3.8) is 0 Å². The van der Waals surface area contributed by atoms with Crippen molar-refractivity contribution in [3.05, 3.63) is 56.1 Å². The first kappa shape index (κ1) is 15.4. The molecule has 1 N–H and O–H groups in total. The third kappa shape index (κ3) is 3.18. The first-order valence-corrected chi connectivity index (χ1v) is 6.97. The summed E-state index contributed by atoms with van der Waals surface area (Å²) in [5.74, 6) is 0. The average Bonchev–Trinajstić information content (AvgIpc) is 2.40. The summed E-state index contributed by atoms with van der Waals surface area (Å²) < 4.78 is 0. The van der Waals surface area contributed by atoms with Crippen LogP contribution in [0, 0.1) is 25.6 Å². The lowest BCUT2D eigenvalue weighted by Gasteiger charge is -2.37. The molecule has 1 unspecified atom stereocenters. The highest BCUT2D eigenvalue weighted by Gasteiger charge is 2.58. The van der Waals surface area contributed by atoms with Crippen molar-refractivity contribution in [2.75, 3.05) is 13.1 Å². The lowest BCUT2D eigenvalue weighted by molar-refractivity contribution is -0.948. The molecule has 0 aromatic heterocycles. The zero-order chi connectivity index (χ0) is 15.6. The topological polar surface area (TPSA) is 90.7 Å². The third-order valence-electron chi connectivity index (χ3n) is 4.49. The summed E-state index contributed by atoms with van der Waals surface area (Å²) >= 11 is 0. The van der Waals surface area contributed by atoms with Crippen molar-refractivity contribution in [1.82, 2.24) is 0 Å². The Hall–Kier alpha value is -2.02. The Bertz CT molecular complexity index is 506. The van der Waals surface area contributed by atoms with E-state index in [1.54, 1.807) is 13.8 Å². The lowest BCUT2D eigenvalue weighted by Crippen LogP contribution is -3.15. The Morgan fingerprint density at radius 2 is 1.57 bits per heavy atom. The summed E-state index contributed by atoms with van der Waals surface area (Å²) in [6, 6.07) is 7.78. The van der Waals surface area contributed by atoms with E-state index in [4.69, 9.17) is 0 Å². The van der Waals surface area contributed by atoms with Crippen LogP contribution in [-0.2, 0) is 6.54 Å². The Kier molecular flexibility index (Phi) is 4.22. The molecule has 1 aliphatic heterocycles. The van der Waals surface area contributed by atoms with Crippen molar-refractivity contribution in [2.45, 2.75) is 32.5 Å². The molecule has 0 bridgehead atoms. The zero-order valence-corrected chi connectivity index (χ0v) is 12.2. The second-order valence-electron chi connectivity index (χ2n) is 6.24. The molecular weight excluding hydrogens is 274 g/mol. The van der Waals surface area contributed by atoms with Gasteiger partial charge in [-0.3, -0.25) is 20.2 Å². The second kappa shape index (κ2) is 5.77. The highest BCUT2D eigenvalue weighted by atomic mass is 16.6. The van der Waals surface area contributed by atoms with E-state index in [-0.39, 0.29) is 9.85 Å². The van der Waals surface area contributed by atoms with Crippen molar-refractivity contribution < 1.29 is 14.7 Å².